The number of rotatable bonds is 6. The van der Waals surface area contributed by atoms with Gasteiger partial charge in [-0.1, -0.05) is 0 Å². The molecule has 0 aromatic heterocycles. The number of nitrogens with one attached hydrogen (secondary N) is 1. The van der Waals surface area contributed by atoms with Crippen LogP contribution in [0, 0.1) is 10.1 Å². The molecule has 0 aliphatic heterocycles. The Hall–Kier alpha value is -1.43. The lowest BCUT2D eigenvalue weighted by molar-refractivity contribution is -0.385. The quantitative estimate of drug-likeness (QED) is 0.626. The van der Waals surface area contributed by atoms with Crippen molar-refractivity contribution in [3.8, 4) is 5.75 Å². The topological polar surface area (TPSA) is 64.4 Å². The Labute approximate surface area is 105 Å². The first-order valence-corrected chi connectivity index (χ1v) is 6.55. The Morgan fingerprint density at radius 3 is 2.82 bits per heavy atom. The van der Waals surface area contributed by atoms with Crippen LogP contribution in [-0.4, -0.2) is 30.1 Å². The van der Waals surface area contributed by atoms with Crippen molar-refractivity contribution in [3.63, 3.8) is 0 Å². The van der Waals surface area contributed by atoms with Crippen molar-refractivity contribution >= 4 is 23.1 Å². The van der Waals surface area contributed by atoms with Crippen LogP contribution in [0.5, 0.6) is 5.75 Å². The van der Waals surface area contributed by atoms with E-state index in [1.807, 2.05) is 6.26 Å². The molecule has 0 aliphatic carbocycles. The highest BCUT2D eigenvalue weighted by Crippen LogP contribution is 2.29. The standard InChI is InChI=1S/C11H16N2O3S/c1-8(7-17-3)12-9-4-5-10(13(14)15)11(6-9)16-2/h4-6,8,12H,7H2,1-3H3. The predicted molar refractivity (Wildman–Crippen MR) is 71.1 cm³/mol. The fraction of sp³-hybridized carbons (Fsp3) is 0.455. The molecule has 1 atom stereocenters. The lowest BCUT2D eigenvalue weighted by Gasteiger charge is -2.14. The number of hydrogen-bond donors (Lipinski definition) is 1. The highest BCUT2D eigenvalue weighted by Gasteiger charge is 2.15. The van der Waals surface area contributed by atoms with Gasteiger partial charge in [-0.25, -0.2) is 0 Å². The Kier molecular flexibility index (Phi) is 5.09. The fourth-order valence-electron chi connectivity index (χ4n) is 1.49. The summed E-state index contributed by atoms with van der Waals surface area (Å²) in [5, 5.41) is 14.0. The first kappa shape index (κ1) is 13.6. The zero-order valence-corrected chi connectivity index (χ0v) is 10.9. The lowest BCUT2D eigenvalue weighted by atomic mass is 10.2. The van der Waals surface area contributed by atoms with Gasteiger partial charge in [0.25, 0.3) is 0 Å². The average molecular weight is 256 g/mol. The summed E-state index contributed by atoms with van der Waals surface area (Å²) in [6.07, 6.45) is 2.04. The van der Waals surface area contributed by atoms with E-state index in [9.17, 15) is 10.1 Å². The zero-order valence-electron chi connectivity index (χ0n) is 10.1. The number of anilines is 1. The summed E-state index contributed by atoms with van der Waals surface area (Å²) in [6.45, 7) is 2.06. The van der Waals surface area contributed by atoms with Crippen molar-refractivity contribution in [1.29, 1.82) is 0 Å². The molecule has 0 heterocycles. The smallest absolute Gasteiger partial charge is 0.311 e. The van der Waals surface area contributed by atoms with Crippen molar-refractivity contribution < 1.29 is 9.66 Å². The van der Waals surface area contributed by atoms with Crippen molar-refractivity contribution in [1.82, 2.24) is 0 Å². The highest BCUT2D eigenvalue weighted by molar-refractivity contribution is 7.98. The van der Waals surface area contributed by atoms with Crippen molar-refractivity contribution in [3.05, 3.63) is 28.3 Å². The van der Waals surface area contributed by atoms with Crippen LogP contribution >= 0.6 is 11.8 Å². The summed E-state index contributed by atoms with van der Waals surface area (Å²) in [5.74, 6) is 1.25. The molecule has 1 unspecified atom stereocenters. The lowest BCUT2D eigenvalue weighted by Crippen LogP contribution is -2.17. The third-order valence-corrected chi connectivity index (χ3v) is 3.04. The molecule has 17 heavy (non-hydrogen) atoms. The van der Waals surface area contributed by atoms with Gasteiger partial charge in [0.15, 0.2) is 5.75 Å². The molecule has 1 N–H and O–H groups in total. The molecule has 94 valence electrons. The van der Waals surface area contributed by atoms with Gasteiger partial charge in [-0.3, -0.25) is 10.1 Å². The summed E-state index contributed by atoms with van der Waals surface area (Å²) in [4.78, 5) is 10.3. The third-order valence-electron chi connectivity index (χ3n) is 2.21. The highest BCUT2D eigenvalue weighted by atomic mass is 32.2. The van der Waals surface area contributed by atoms with E-state index in [0.29, 0.717) is 6.04 Å². The van der Waals surface area contributed by atoms with Crippen LogP contribution in [0.1, 0.15) is 6.92 Å². The van der Waals surface area contributed by atoms with Crippen LogP contribution < -0.4 is 10.1 Å². The first-order chi connectivity index (χ1) is 8.08. The molecule has 0 bridgehead atoms. The van der Waals surface area contributed by atoms with E-state index in [0.717, 1.165) is 11.4 Å². The van der Waals surface area contributed by atoms with E-state index in [-0.39, 0.29) is 11.4 Å². The van der Waals surface area contributed by atoms with Gasteiger partial charge in [0.2, 0.25) is 0 Å². The van der Waals surface area contributed by atoms with Crippen molar-refractivity contribution in [2.24, 2.45) is 0 Å². The predicted octanol–water partition coefficient (Wildman–Crippen LogP) is 2.77. The van der Waals surface area contributed by atoms with Crippen LogP contribution in [0.25, 0.3) is 0 Å². The molecule has 6 heteroatoms. The SMILES string of the molecule is COc1cc(NC(C)CSC)ccc1[N+](=O)[O-]. The van der Waals surface area contributed by atoms with E-state index in [1.165, 1.54) is 13.2 Å². The van der Waals surface area contributed by atoms with Gasteiger partial charge in [0.05, 0.1) is 12.0 Å². The fourth-order valence-corrected chi connectivity index (χ4v) is 2.08. The number of nitro groups is 1. The molecule has 0 amide bonds. The zero-order chi connectivity index (χ0) is 12.8. The van der Waals surface area contributed by atoms with E-state index in [4.69, 9.17) is 4.74 Å². The van der Waals surface area contributed by atoms with Crippen LogP contribution in [-0.2, 0) is 0 Å². The number of nitrogens with zero attached hydrogens (tertiary/aromatic N) is 1. The third kappa shape index (κ3) is 3.81. The number of ether oxygens (including phenoxy) is 1. The number of thioether (sulfide) groups is 1. The molecule has 0 aliphatic rings. The maximum Gasteiger partial charge on any atom is 0.311 e. The number of methoxy groups -OCH3 is 1. The largest absolute Gasteiger partial charge is 0.490 e. The molecular formula is C11H16N2O3S. The van der Waals surface area contributed by atoms with Gasteiger partial charge >= 0.3 is 5.69 Å². The maximum atomic E-state index is 10.7. The van der Waals surface area contributed by atoms with Crippen LogP contribution in [0.15, 0.2) is 18.2 Å². The van der Waals surface area contributed by atoms with E-state index < -0.39 is 4.92 Å². The summed E-state index contributed by atoms with van der Waals surface area (Å²) >= 11 is 1.74. The molecule has 5 nitrogen and oxygen atoms in total. The molecule has 0 saturated carbocycles. The van der Waals surface area contributed by atoms with Crippen LogP contribution in [0.2, 0.25) is 0 Å². The molecule has 1 aromatic carbocycles. The Bertz CT molecular complexity index is 398. The number of hydrogen-bond acceptors (Lipinski definition) is 5. The summed E-state index contributed by atoms with van der Waals surface area (Å²) < 4.78 is 5.00. The Balaban J connectivity index is 2.86. The van der Waals surface area contributed by atoms with Gasteiger partial charge in [-0.2, -0.15) is 11.8 Å². The minimum Gasteiger partial charge on any atom is -0.490 e. The summed E-state index contributed by atoms with van der Waals surface area (Å²) in [5.41, 5.74) is 0.810. The molecule has 1 aromatic rings. The summed E-state index contributed by atoms with van der Waals surface area (Å²) in [6, 6.07) is 5.09. The van der Waals surface area contributed by atoms with Crippen molar-refractivity contribution in [2.75, 3.05) is 24.4 Å². The van der Waals surface area contributed by atoms with Crippen molar-refractivity contribution in [2.45, 2.75) is 13.0 Å². The minimum atomic E-state index is -0.450. The second kappa shape index (κ2) is 6.34. The summed E-state index contributed by atoms with van der Waals surface area (Å²) in [7, 11) is 1.43. The van der Waals surface area contributed by atoms with Gasteiger partial charge in [0, 0.05) is 29.6 Å². The van der Waals surface area contributed by atoms with E-state index in [1.54, 1.807) is 23.9 Å². The van der Waals surface area contributed by atoms with E-state index >= 15 is 0 Å². The molecule has 0 fully saturated rings. The first-order valence-electron chi connectivity index (χ1n) is 5.16. The number of nitro benzene ring substituents is 1. The van der Waals surface area contributed by atoms with Crippen LogP contribution in [0.4, 0.5) is 11.4 Å². The monoisotopic (exact) mass is 256 g/mol. The average Bonchev–Trinajstić information content (AvgIpc) is 2.28. The molecular weight excluding hydrogens is 240 g/mol. The molecule has 1 rings (SSSR count). The maximum absolute atomic E-state index is 10.7. The second-order valence-electron chi connectivity index (χ2n) is 3.64. The van der Waals surface area contributed by atoms with Gasteiger partial charge in [0.1, 0.15) is 0 Å². The minimum absolute atomic E-state index is 0.0180. The van der Waals surface area contributed by atoms with Gasteiger partial charge in [-0.05, 0) is 19.2 Å². The molecule has 0 spiro atoms. The van der Waals surface area contributed by atoms with Gasteiger partial charge < -0.3 is 10.1 Å². The molecule has 0 radical (unpaired) electrons. The van der Waals surface area contributed by atoms with Gasteiger partial charge in [-0.15, -0.1) is 0 Å². The van der Waals surface area contributed by atoms with E-state index in [2.05, 4.69) is 12.2 Å². The normalized spacial score (nSPS) is 11.9. The Morgan fingerprint density at radius 2 is 2.29 bits per heavy atom. The second-order valence-corrected chi connectivity index (χ2v) is 4.56. The number of benzene rings is 1. The molecule has 0 saturated heterocycles. The van der Waals surface area contributed by atoms with Crippen LogP contribution in [0.3, 0.4) is 0 Å². The Morgan fingerprint density at radius 1 is 1.59 bits per heavy atom.